The van der Waals surface area contributed by atoms with Crippen molar-refractivity contribution in [2.75, 3.05) is 19.6 Å². The van der Waals surface area contributed by atoms with Gasteiger partial charge in [0.25, 0.3) is 0 Å². The van der Waals surface area contributed by atoms with Crippen molar-refractivity contribution in [2.24, 2.45) is 0 Å². The molecule has 0 aliphatic carbocycles. The highest BCUT2D eigenvalue weighted by molar-refractivity contribution is 5.31. The Morgan fingerprint density at radius 1 is 1.55 bits per heavy atom. The first kappa shape index (κ1) is 7.81. The molecular formula is C7H10N2O2. The lowest BCUT2D eigenvalue weighted by Crippen LogP contribution is -1.99. The molecule has 0 aliphatic heterocycles. The topological polar surface area (TPSA) is 57.4 Å². The van der Waals surface area contributed by atoms with Crippen molar-refractivity contribution in [1.82, 2.24) is 4.98 Å². The zero-order valence-electron chi connectivity index (χ0n) is 6.28. The maximum Gasteiger partial charge on any atom is 0.188 e. The number of pyridine rings is 1. The maximum atomic E-state index is 5.36. The number of rotatable bonds is 3. The first-order valence-corrected chi connectivity index (χ1v) is 3.16. The molecule has 60 valence electrons. The highest BCUT2D eigenvalue weighted by atomic mass is 16.7. The first-order valence-electron chi connectivity index (χ1n) is 3.16. The Labute approximate surface area is 64.9 Å². The van der Waals surface area contributed by atoms with E-state index in [0.717, 1.165) is 0 Å². The smallest absolute Gasteiger partial charge is 0.188 e. The van der Waals surface area contributed by atoms with E-state index >= 15 is 0 Å². The van der Waals surface area contributed by atoms with E-state index in [1.807, 2.05) is 0 Å². The van der Waals surface area contributed by atoms with Crippen molar-refractivity contribution in [3.8, 4) is 5.75 Å². The minimum Gasteiger partial charge on any atom is -0.466 e. The molecule has 1 heterocycles. The molecule has 1 aromatic rings. The molecule has 0 saturated carbocycles. The van der Waals surface area contributed by atoms with Gasteiger partial charge in [0.1, 0.15) is 11.6 Å². The van der Waals surface area contributed by atoms with Crippen LogP contribution in [0.1, 0.15) is 0 Å². The van der Waals surface area contributed by atoms with Crippen molar-refractivity contribution in [1.29, 1.82) is 0 Å². The highest BCUT2D eigenvalue weighted by Crippen LogP contribution is 2.09. The first-order chi connectivity index (χ1) is 5.33. The van der Waals surface area contributed by atoms with E-state index in [9.17, 15) is 0 Å². The summed E-state index contributed by atoms with van der Waals surface area (Å²) >= 11 is 0. The number of aromatic nitrogens is 1. The molecule has 0 atom stereocenters. The molecule has 2 N–H and O–H groups in total. The van der Waals surface area contributed by atoms with Gasteiger partial charge in [0, 0.05) is 7.11 Å². The molecule has 0 aromatic carbocycles. The molecule has 0 fully saturated rings. The van der Waals surface area contributed by atoms with E-state index in [4.69, 9.17) is 15.2 Å². The van der Waals surface area contributed by atoms with Gasteiger partial charge in [0.2, 0.25) is 0 Å². The van der Waals surface area contributed by atoms with Crippen LogP contribution in [0.25, 0.3) is 0 Å². The molecule has 1 aromatic heterocycles. The van der Waals surface area contributed by atoms with Gasteiger partial charge in [-0.2, -0.15) is 0 Å². The standard InChI is InChI=1S/C7H10N2O2/c1-10-5-11-6-2-3-7(8)9-4-6/h2-4H,5H2,1H3,(H2,8,9). The molecule has 1 rings (SSSR count). The van der Waals surface area contributed by atoms with Gasteiger partial charge in [0.05, 0.1) is 6.20 Å². The Morgan fingerprint density at radius 2 is 2.36 bits per heavy atom. The van der Waals surface area contributed by atoms with Gasteiger partial charge in [-0.3, -0.25) is 0 Å². The third-order valence-electron chi connectivity index (χ3n) is 1.10. The fraction of sp³-hybridized carbons (Fsp3) is 0.286. The van der Waals surface area contributed by atoms with Crippen LogP contribution in [-0.2, 0) is 4.74 Å². The van der Waals surface area contributed by atoms with E-state index in [1.165, 1.54) is 0 Å². The quantitative estimate of drug-likeness (QED) is 0.649. The normalized spacial score (nSPS) is 9.55. The van der Waals surface area contributed by atoms with Crippen molar-refractivity contribution >= 4 is 5.82 Å². The summed E-state index contributed by atoms with van der Waals surface area (Å²) in [5.41, 5.74) is 5.36. The number of nitrogens with zero attached hydrogens (tertiary/aromatic N) is 1. The predicted octanol–water partition coefficient (Wildman–Crippen LogP) is 0.647. The molecule has 0 amide bonds. The third-order valence-corrected chi connectivity index (χ3v) is 1.10. The molecule has 0 saturated heterocycles. The van der Waals surface area contributed by atoms with Crippen LogP contribution in [0.5, 0.6) is 5.75 Å². The van der Waals surface area contributed by atoms with Crippen molar-refractivity contribution in [2.45, 2.75) is 0 Å². The van der Waals surface area contributed by atoms with Gasteiger partial charge < -0.3 is 15.2 Å². The van der Waals surface area contributed by atoms with Gasteiger partial charge in [0.15, 0.2) is 6.79 Å². The minimum absolute atomic E-state index is 0.228. The van der Waals surface area contributed by atoms with Gasteiger partial charge in [-0.25, -0.2) is 4.98 Å². The molecule has 0 unspecified atom stereocenters. The third kappa shape index (κ3) is 2.43. The molecule has 11 heavy (non-hydrogen) atoms. The second-order valence-electron chi connectivity index (χ2n) is 1.97. The summed E-state index contributed by atoms with van der Waals surface area (Å²) in [5, 5.41) is 0. The molecule has 0 spiro atoms. The summed E-state index contributed by atoms with van der Waals surface area (Å²) in [6, 6.07) is 3.41. The maximum absolute atomic E-state index is 5.36. The Kier molecular flexibility index (Phi) is 2.68. The lowest BCUT2D eigenvalue weighted by atomic mass is 10.4. The summed E-state index contributed by atoms with van der Waals surface area (Å²) < 4.78 is 9.76. The lowest BCUT2D eigenvalue weighted by Gasteiger charge is -2.02. The van der Waals surface area contributed by atoms with E-state index in [0.29, 0.717) is 11.6 Å². The van der Waals surface area contributed by atoms with Gasteiger partial charge in [-0.1, -0.05) is 0 Å². The van der Waals surface area contributed by atoms with Gasteiger partial charge in [-0.05, 0) is 12.1 Å². The number of anilines is 1. The van der Waals surface area contributed by atoms with E-state index < -0.39 is 0 Å². The largest absolute Gasteiger partial charge is 0.466 e. The number of hydrogen-bond acceptors (Lipinski definition) is 4. The molecule has 4 nitrogen and oxygen atoms in total. The number of nitrogens with two attached hydrogens (primary N) is 1. The molecule has 0 aliphatic rings. The van der Waals surface area contributed by atoms with Gasteiger partial charge in [-0.15, -0.1) is 0 Å². The van der Waals surface area contributed by atoms with Gasteiger partial charge >= 0.3 is 0 Å². The summed E-state index contributed by atoms with van der Waals surface area (Å²) in [5.74, 6) is 1.14. The number of nitrogen functional groups attached to an aromatic ring is 1. The summed E-state index contributed by atoms with van der Waals surface area (Å²) in [7, 11) is 1.56. The highest BCUT2D eigenvalue weighted by Gasteiger charge is 1.91. The van der Waals surface area contributed by atoms with Crippen LogP contribution >= 0.6 is 0 Å². The Hall–Kier alpha value is -1.29. The van der Waals surface area contributed by atoms with Crippen LogP contribution in [0, 0.1) is 0 Å². The monoisotopic (exact) mass is 154 g/mol. The Bertz CT molecular complexity index is 210. The zero-order valence-corrected chi connectivity index (χ0v) is 6.28. The average Bonchev–Trinajstić information content (AvgIpc) is 2.04. The fourth-order valence-electron chi connectivity index (χ4n) is 0.604. The molecule has 0 radical (unpaired) electrons. The molecule has 0 bridgehead atoms. The predicted molar refractivity (Wildman–Crippen MR) is 41.2 cm³/mol. The SMILES string of the molecule is COCOc1ccc(N)nc1. The van der Waals surface area contributed by atoms with Crippen molar-refractivity contribution in [3.63, 3.8) is 0 Å². The van der Waals surface area contributed by atoms with Crippen LogP contribution in [0.3, 0.4) is 0 Å². The van der Waals surface area contributed by atoms with Crippen LogP contribution in [0.4, 0.5) is 5.82 Å². The minimum atomic E-state index is 0.228. The Balaban J connectivity index is 2.52. The van der Waals surface area contributed by atoms with E-state index in [2.05, 4.69) is 4.98 Å². The summed E-state index contributed by atoms with van der Waals surface area (Å²) in [6.45, 7) is 0.228. The van der Waals surface area contributed by atoms with Crippen molar-refractivity contribution < 1.29 is 9.47 Å². The number of methoxy groups -OCH3 is 1. The van der Waals surface area contributed by atoms with E-state index in [1.54, 1.807) is 25.4 Å². The fourth-order valence-corrected chi connectivity index (χ4v) is 0.604. The van der Waals surface area contributed by atoms with Crippen LogP contribution in [0.15, 0.2) is 18.3 Å². The Morgan fingerprint density at radius 3 is 2.91 bits per heavy atom. The second kappa shape index (κ2) is 3.78. The van der Waals surface area contributed by atoms with Crippen LogP contribution in [-0.4, -0.2) is 18.9 Å². The second-order valence-corrected chi connectivity index (χ2v) is 1.97. The zero-order chi connectivity index (χ0) is 8.10. The van der Waals surface area contributed by atoms with Crippen molar-refractivity contribution in [3.05, 3.63) is 18.3 Å². The average molecular weight is 154 g/mol. The number of hydrogen-bond donors (Lipinski definition) is 1. The van der Waals surface area contributed by atoms with Crippen LogP contribution < -0.4 is 10.5 Å². The number of ether oxygens (including phenoxy) is 2. The lowest BCUT2D eigenvalue weighted by molar-refractivity contribution is 0.0509. The van der Waals surface area contributed by atoms with Crippen LogP contribution in [0.2, 0.25) is 0 Å². The molecular weight excluding hydrogens is 144 g/mol. The summed E-state index contributed by atoms with van der Waals surface area (Å²) in [6.07, 6.45) is 1.55. The summed E-state index contributed by atoms with van der Waals surface area (Å²) in [4.78, 5) is 3.83. The van der Waals surface area contributed by atoms with E-state index in [-0.39, 0.29) is 6.79 Å². The molecule has 4 heteroatoms.